The maximum atomic E-state index is 2.63. The molecule has 0 saturated heterocycles. The lowest BCUT2D eigenvalue weighted by Crippen LogP contribution is -2.48. The molecule has 0 aromatic heterocycles. The number of aryl methyl sites for hydroxylation is 1. The molecule has 226 valence electrons. The maximum absolute atomic E-state index is 2.63. The highest BCUT2D eigenvalue weighted by Crippen LogP contribution is 2.62. The molecule has 0 N–H and O–H groups in total. The molecule has 0 bridgehead atoms. The lowest BCUT2D eigenvalue weighted by atomic mass is 9.72. The molecule has 2 aliphatic rings. The van der Waals surface area contributed by atoms with E-state index in [1.54, 1.807) is 0 Å². The number of hydrogen-bond donors (Lipinski definition) is 0. The summed E-state index contributed by atoms with van der Waals surface area (Å²) in [6.45, 7) is 7.09. The highest BCUT2D eigenvalue weighted by Gasteiger charge is 2.59. The Balaban J connectivity index is 1.10. The second-order valence-electron chi connectivity index (χ2n) is 13.5. The Morgan fingerprint density at radius 3 is 1.57 bits per heavy atom. The van der Waals surface area contributed by atoms with Crippen LogP contribution in [0.25, 0.3) is 22.3 Å². The average molecular weight is 597 g/mol. The van der Waals surface area contributed by atoms with Crippen molar-refractivity contribution >= 4 is 28.4 Å². The molecule has 0 amide bonds. The van der Waals surface area contributed by atoms with E-state index in [1.165, 1.54) is 64.0 Å². The highest BCUT2D eigenvalue weighted by atomic mass is 15.3. The molecule has 6 aromatic carbocycles. The lowest BCUT2D eigenvalue weighted by molar-refractivity contribution is 0.330. The van der Waals surface area contributed by atoms with Crippen molar-refractivity contribution in [3.8, 4) is 22.3 Å². The van der Waals surface area contributed by atoms with Crippen LogP contribution in [0.1, 0.15) is 44.2 Å². The molecule has 1 heterocycles. The molecule has 2 heteroatoms. The third-order valence-electron chi connectivity index (χ3n) is 10.9. The summed E-state index contributed by atoms with van der Waals surface area (Å²) in [6, 6.07) is 55.5. The van der Waals surface area contributed by atoms with Crippen molar-refractivity contribution < 1.29 is 0 Å². The molecule has 2 atom stereocenters. The Labute approximate surface area is 273 Å². The predicted octanol–water partition coefficient (Wildman–Crippen LogP) is 12.2. The van der Waals surface area contributed by atoms with Crippen molar-refractivity contribution in [1.82, 2.24) is 0 Å². The van der Waals surface area contributed by atoms with Gasteiger partial charge in [-0.1, -0.05) is 116 Å². The molecular weight excluding hydrogens is 556 g/mol. The zero-order chi connectivity index (χ0) is 31.3. The van der Waals surface area contributed by atoms with Gasteiger partial charge < -0.3 is 9.80 Å². The third-order valence-corrected chi connectivity index (χ3v) is 10.9. The summed E-state index contributed by atoms with van der Waals surface area (Å²) < 4.78 is 0. The molecular formula is C44H40N2. The second kappa shape index (κ2) is 11.1. The van der Waals surface area contributed by atoms with E-state index >= 15 is 0 Å². The van der Waals surface area contributed by atoms with Crippen LogP contribution in [-0.4, -0.2) is 5.54 Å². The first-order valence-corrected chi connectivity index (χ1v) is 16.6. The Hall–Kier alpha value is -5.08. The van der Waals surface area contributed by atoms with Crippen LogP contribution in [0.3, 0.4) is 0 Å². The van der Waals surface area contributed by atoms with Crippen molar-refractivity contribution in [1.29, 1.82) is 0 Å². The van der Waals surface area contributed by atoms with Gasteiger partial charge in [0.2, 0.25) is 0 Å². The molecule has 2 unspecified atom stereocenters. The second-order valence-corrected chi connectivity index (χ2v) is 13.5. The van der Waals surface area contributed by atoms with E-state index in [9.17, 15) is 0 Å². The first-order valence-electron chi connectivity index (χ1n) is 16.6. The van der Waals surface area contributed by atoms with Gasteiger partial charge in [0.25, 0.3) is 0 Å². The molecule has 0 spiro atoms. The Morgan fingerprint density at radius 1 is 0.500 bits per heavy atom. The van der Waals surface area contributed by atoms with Gasteiger partial charge in [-0.3, -0.25) is 0 Å². The molecule has 1 saturated carbocycles. The van der Waals surface area contributed by atoms with E-state index in [4.69, 9.17) is 0 Å². The van der Waals surface area contributed by atoms with Gasteiger partial charge in [0.15, 0.2) is 0 Å². The minimum Gasteiger partial charge on any atom is -0.334 e. The van der Waals surface area contributed by atoms with Crippen molar-refractivity contribution in [2.24, 2.45) is 0 Å². The van der Waals surface area contributed by atoms with Crippen LogP contribution in [0.4, 0.5) is 28.4 Å². The van der Waals surface area contributed by atoms with E-state index in [-0.39, 0.29) is 11.0 Å². The lowest BCUT2D eigenvalue weighted by Gasteiger charge is -2.42. The molecule has 6 aromatic rings. The fraction of sp³-hybridized carbons (Fsp3) is 0.182. The van der Waals surface area contributed by atoms with Crippen molar-refractivity contribution in [2.45, 2.75) is 51.0 Å². The summed E-state index contributed by atoms with van der Waals surface area (Å²) >= 11 is 0. The summed E-state index contributed by atoms with van der Waals surface area (Å²) in [4.78, 5) is 4.97. The Morgan fingerprint density at radius 2 is 0.978 bits per heavy atom. The molecule has 1 fully saturated rings. The van der Waals surface area contributed by atoms with E-state index in [0.29, 0.717) is 0 Å². The van der Waals surface area contributed by atoms with Gasteiger partial charge in [0.1, 0.15) is 0 Å². The summed E-state index contributed by atoms with van der Waals surface area (Å²) in [5, 5.41) is 0. The monoisotopic (exact) mass is 596 g/mol. The zero-order valence-electron chi connectivity index (χ0n) is 26.9. The Bertz CT molecular complexity index is 1980. The molecule has 8 rings (SSSR count). The number of rotatable bonds is 6. The minimum absolute atomic E-state index is 0.0958. The Kier molecular flexibility index (Phi) is 6.83. The van der Waals surface area contributed by atoms with Gasteiger partial charge in [-0.2, -0.15) is 0 Å². The third kappa shape index (κ3) is 4.55. The summed E-state index contributed by atoms with van der Waals surface area (Å²) in [5.74, 6) is 0. The first-order chi connectivity index (χ1) is 22.4. The molecule has 0 radical (unpaired) electrons. The SMILES string of the molecule is Cc1ccc(N(c2ccc(-c3ccccc3)cc2)c2ccc(-c3ccc(N4c5ccccc5C5(C)CCCC45C)cc3)cc2)cc1. The van der Waals surface area contributed by atoms with Crippen LogP contribution in [0.2, 0.25) is 0 Å². The van der Waals surface area contributed by atoms with Gasteiger partial charge in [0, 0.05) is 33.9 Å². The van der Waals surface area contributed by atoms with Gasteiger partial charge in [-0.25, -0.2) is 0 Å². The van der Waals surface area contributed by atoms with E-state index in [2.05, 4.69) is 182 Å². The van der Waals surface area contributed by atoms with Gasteiger partial charge in [-0.05, 0) is 109 Å². The van der Waals surface area contributed by atoms with Crippen molar-refractivity contribution in [3.05, 3.63) is 163 Å². The molecule has 1 aliphatic heterocycles. The van der Waals surface area contributed by atoms with E-state index in [1.807, 2.05) is 0 Å². The minimum atomic E-state index is 0.0958. The zero-order valence-corrected chi connectivity index (χ0v) is 26.9. The molecule has 2 nitrogen and oxygen atoms in total. The van der Waals surface area contributed by atoms with E-state index < -0.39 is 0 Å². The maximum Gasteiger partial charge on any atom is 0.0517 e. The van der Waals surface area contributed by atoms with Crippen LogP contribution in [-0.2, 0) is 5.41 Å². The first kappa shape index (κ1) is 28.4. The number of nitrogens with zero attached hydrogens (tertiary/aromatic N) is 2. The number of benzene rings is 6. The van der Waals surface area contributed by atoms with Gasteiger partial charge >= 0.3 is 0 Å². The van der Waals surface area contributed by atoms with Crippen LogP contribution < -0.4 is 9.80 Å². The number of fused-ring (bicyclic) bond motifs is 3. The number of anilines is 5. The number of hydrogen-bond acceptors (Lipinski definition) is 2. The molecule has 1 aliphatic carbocycles. The summed E-state index contributed by atoms with van der Waals surface area (Å²) in [5.41, 5.74) is 14.0. The predicted molar refractivity (Wildman–Crippen MR) is 195 cm³/mol. The van der Waals surface area contributed by atoms with Crippen LogP contribution in [0, 0.1) is 6.92 Å². The smallest absolute Gasteiger partial charge is 0.0517 e. The largest absolute Gasteiger partial charge is 0.334 e. The fourth-order valence-electron chi connectivity index (χ4n) is 8.12. The van der Waals surface area contributed by atoms with Crippen LogP contribution >= 0.6 is 0 Å². The summed E-state index contributed by atoms with van der Waals surface area (Å²) in [6.07, 6.45) is 3.74. The fourth-order valence-corrected chi connectivity index (χ4v) is 8.12. The quantitative estimate of drug-likeness (QED) is 0.189. The van der Waals surface area contributed by atoms with Gasteiger partial charge in [-0.15, -0.1) is 0 Å². The van der Waals surface area contributed by atoms with Crippen molar-refractivity contribution in [2.75, 3.05) is 9.80 Å². The average Bonchev–Trinajstić information content (AvgIpc) is 3.51. The van der Waals surface area contributed by atoms with Crippen LogP contribution in [0.15, 0.2) is 152 Å². The normalized spacial score (nSPS) is 19.9. The van der Waals surface area contributed by atoms with Gasteiger partial charge in [0.05, 0.1) is 5.54 Å². The van der Waals surface area contributed by atoms with Crippen molar-refractivity contribution in [3.63, 3.8) is 0 Å². The topological polar surface area (TPSA) is 6.48 Å². The van der Waals surface area contributed by atoms with E-state index in [0.717, 1.165) is 17.1 Å². The highest BCUT2D eigenvalue weighted by molar-refractivity contribution is 5.81. The number of para-hydroxylation sites is 1. The summed E-state index contributed by atoms with van der Waals surface area (Å²) in [7, 11) is 0. The molecule has 46 heavy (non-hydrogen) atoms. The van der Waals surface area contributed by atoms with Crippen LogP contribution in [0.5, 0.6) is 0 Å². The standard InChI is InChI=1S/C44H40N2/c1-32-14-22-37(23-15-32)45(38-24-16-34(17-25-38)33-10-5-4-6-11-33)39-26-18-35(19-27-39)36-20-28-40(29-21-36)46-42-13-8-7-12-41(42)43(2)30-9-31-44(43,46)3/h4-8,10-29H,9,30-31H2,1-3H3.